The number of sulfonamides is 1. The second-order valence-electron chi connectivity index (χ2n) is 6.45. The number of aromatic nitrogens is 2. The summed E-state index contributed by atoms with van der Waals surface area (Å²) in [5.41, 5.74) is 0.719. The average Bonchev–Trinajstić information content (AvgIpc) is 3.38. The van der Waals surface area contributed by atoms with E-state index in [1.54, 1.807) is 12.1 Å². The SMILES string of the molecule is O=C(Nc1nnc(-c2ccccc2)o1)C1CCCCN1S(=O)(=O)c1ccc(Cl)s1. The van der Waals surface area contributed by atoms with Gasteiger partial charge in [0.05, 0.1) is 4.34 Å². The lowest BCUT2D eigenvalue weighted by atomic mass is 10.0. The standard InChI is InChI=1S/C18H17ClN4O4S2/c19-14-9-10-15(28-14)29(25,26)23-11-5-4-8-13(23)16(24)20-18-22-21-17(27-18)12-6-2-1-3-7-12/h1-3,6-7,9-10,13H,4-5,8,11H2,(H,20,22,24). The van der Waals surface area contributed by atoms with Crippen molar-refractivity contribution in [2.45, 2.75) is 29.5 Å². The molecule has 1 fully saturated rings. The molecule has 1 N–H and O–H groups in total. The largest absolute Gasteiger partial charge is 0.403 e. The first-order valence-corrected chi connectivity index (χ1v) is 11.6. The van der Waals surface area contributed by atoms with Crippen LogP contribution in [0.4, 0.5) is 6.01 Å². The van der Waals surface area contributed by atoms with Gasteiger partial charge in [0, 0.05) is 12.1 Å². The topological polar surface area (TPSA) is 105 Å². The predicted octanol–water partition coefficient (Wildman–Crippen LogP) is 3.63. The number of carbonyl (C=O) groups is 1. The van der Waals surface area contributed by atoms with E-state index in [4.69, 9.17) is 16.0 Å². The molecule has 29 heavy (non-hydrogen) atoms. The lowest BCUT2D eigenvalue weighted by molar-refractivity contribution is -0.120. The molecular formula is C18H17ClN4O4S2. The van der Waals surface area contributed by atoms with Crippen molar-refractivity contribution in [3.63, 3.8) is 0 Å². The lowest BCUT2D eigenvalue weighted by Crippen LogP contribution is -2.49. The van der Waals surface area contributed by atoms with Crippen LogP contribution < -0.4 is 5.32 Å². The van der Waals surface area contributed by atoms with Gasteiger partial charge < -0.3 is 4.42 Å². The molecule has 11 heteroatoms. The van der Waals surface area contributed by atoms with Crippen LogP contribution in [-0.2, 0) is 14.8 Å². The number of hydrogen-bond donors (Lipinski definition) is 1. The fourth-order valence-corrected chi connectivity index (χ4v) is 6.43. The Hall–Kier alpha value is -2.27. The molecule has 1 aliphatic heterocycles. The fraction of sp³-hybridized carbons (Fsp3) is 0.278. The summed E-state index contributed by atoms with van der Waals surface area (Å²) in [6.07, 6.45) is 1.83. The van der Waals surface area contributed by atoms with E-state index in [1.807, 2.05) is 18.2 Å². The summed E-state index contributed by atoms with van der Waals surface area (Å²) < 4.78 is 33.2. The molecule has 152 valence electrons. The molecule has 1 aliphatic rings. The number of benzene rings is 1. The molecule has 8 nitrogen and oxygen atoms in total. The summed E-state index contributed by atoms with van der Waals surface area (Å²) in [6.45, 7) is 0.259. The van der Waals surface area contributed by atoms with Gasteiger partial charge in [0.1, 0.15) is 10.3 Å². The maximum Gasteiger partial charge on any atom is 0.322 e. The Morgan fingerprint density at radius 1 is 1.17 bits per heavy atom. The van der Waals surface area contributed by atoms with Gasteiger partial charge in [0.15, 0.2) is 0 Å². The van der Waals surface area contributed by atoms with E-state index in [-0.39, 0.29) is 22.7 Å². The minimum absolute atomic E-state index is 0.0732. The molecule has 0 bridgehead atoms. The Bertz CT molecular complexity index is 1110. The van der Waals surface area contributed by atoms with E-state index < -0.39 is 22.0 Å². The molecule has 1 aromatic carbocycles. The molecule has 3 heterocycles. The van der Waals surface area contributed by atoms with Crippen molar-refractivity contribution in [3.05, 3.63) is 46.8 Å². The maximum atomic E-state index is 13.0. The molecule has 0 radical (unpaired) electrons. The Balaban J connectivity index is 1.53. The summed E-state index contributed by atoms with van der Waals surface area (Å²) in [4.78, 5) is 12.8. The van der Waals surface area contributed by atoms with E-state index in [2.05, 4.69) is 15.5 Å². The van der Waals surface area contributed by atoms with Crippen LogP contribution in [0.25, 0.3) is 11.5 Å². The smallest absolute Gasteiger partial charge is 0.322 e. The summed E-state index contributed by atoms with van der Waals surface area (Å²) >= 11 is 6.86. The van der Waals surface area contributed by atoms with E-state index in [0.29, 0.717) is 17.2 Å². The highest BCUT2D eigenvalue weighted by Gasteiger charge is 2.38. The van der Waals surface area contributed by atoms with Gasteiger partial charge in [-0.2, -0.15) is 4.31 Å². The second kappa shape index (κ2) is 8.23. The number of rotatable bonds is 5. The number of amides is 1. The Morgan fingerprint density at radius 3 is 2.69 bits per heavy atom. The molecule has 1 unspecified atom stereocenters. The number of anilines is 1. The third kappa shape index (κ3) is 4.20. The minimum Gasteiger partial charge on any atom is -0.403 e. The third-order valence-corrected chi connectivity index (χ3v) is 8.15. The van der Waals surface area contributed by atoms with Crippen molar-refractivity contribution in [3.8, 4) is 11.5 Å². The molecule has 1 saturated heterocycles. The summed E-state index contributed by atoms with van der Waals surface area (Å²) in [7, 11) is -3.83. The molecule has 4 rings (SSSR count). The fourth-order valence-electron chi connectivity index (χ4n) is 3.17. The normalized spacial score (nSPS) is 17.9. The minimum atomic E-state index is -3.83. The first-order valence-electron chi connectivity index (χ1n) is 8.92. The number of nitrogens with zero attached hydrogens (tertiary/aromatic N) is 3. The van der Waals surface area contributed by atoms with E-state index in [1.165, 1.54) is 16.4 Å². The molecule has 3 aromatic rings. The molecule has 1 atom stereocenters. The van der Waals surface area contributed by atoms with Crippen molar-refractivity contribution < 1.29 is 17.6 Å². The number of halogens is 1. The van der Waals surface area contributed by atoms with Crippen LogP contribution in [0.15, 0.2) is 51.1 Å². The number of nitrogens with one attached hydrogen (secondary N) is 1. The molecule has 0 spiro atoms. The number of hydrogen-bond acceptors (Lipinski definition) is 7. The monoisotopic (exact) mass is 452 g/mol. The van der Waals surface area contributed by atoms with Gasteiger partial charge in [-0.3, -0.25) is 10.1 Å². The summed E-state index contributed by atoms with van der Waals surface area (Å²) in [6, 6.07) is 11.2. The number of piperidine rings is 1. The van der Waals surface area contributed by atoms with Crippen molar-refractivity contribution in [2.24, 2.45) is 0 Å². The molecule has 2 aromatic heterocycles. The second-order valence-corrected chi connectivity index (χ2v) is 10.3. The molecule has 0 saturated carbocycles. The Labute approximate surface area is 176 Å². The van der Waals surface area contributed by atoms with Gasteiger partial charge in [-0.15, -0.1) is 16.4 Å². The van der Waals surface area contributed by atoms with E-state index in [0.717, 1.165) is 23.3 Å². The summed E-state index contributed by atoms with van der Waals surface area (Å²) in [5, 5.41) is 10.3. The predicted molar refractivity (Wildman–Crippen MR) is 109 cm³/mol. The van der Waals surface area contributed by atoms with Gasteiger partial charge in [0.25, 0.3) is 10.0 Å². The zero-order valence-electron chi connectivity index (χ0n) is 15.1. The Kier molecular flexibility index (Phi) is 5.68. The van der Waals surface area contributed by atoms with Gasteiger partial charge >= 0.3 is 6.01 Å². The van der Waals surface area contributed by atoms with Crippen LogP contribution in [-0.4, -0.2) is 41.4 Å². The van der Waals surface area contributed by atoms with Gasteiger partial charge in [0.2, 0.25) is 11.8 Å². The Morgan fingerprint density at radius 2 is 1.97 bits per heavy atom. The van der Waals surface area contributed by atoms with Gasteiger partial charge in [-0.1, -0.05) is 41.3 Å². The van der Waals surface area contributed by atoms with Crippen LogP contribution in [0.3, 0.4) is 0 Å². The first-order chi connectivity index (χ1) is 13.9. The van der Waals surface area contributed by atoms with Crippen molar-refractivity contribution in [1.29, 1.82) is 0 Å². The average molecular weight is 453 g/mol. The number of thiophene rings is 1. The van der Waals surface area contributed by atoms with Crippen LogP contribution in [0.5, 0.6) is 0 Å². The highest BCUT2D eigenvalue weighted by atomic mass is 35.5. The van der Waals surface area contributed by atoms with E-state index >= 15 is 0 Å². The number of carbonyl (C=O) groups excluding carboxylic acids is 1. The zero-order chi connectivity index (χ0) is 20.4. The van der Waals surface area contributed by atoms with Crippen molar-refractivity contribution in [2.75, 3.05) is 11.9 Å². The van der Waals surface area contributed by atoms with E-state index in [9.17, 15) is 13.2 Å². The summed E-state index contributed by atoms with van der Waals surface area (Å²) in [5.74, 6) is -0.235. The zero-order valence-corrected chi connectivity index (χ0v) is 17.5. The molecule has 1 amide bonds. The maximum absolute atomic E-state index is 13.0. The van der Waals surface area contributed by atoms with Gasteiger partial charge in [-0.25, -0.2) is 8.42 Å². The van der Waals surface area contributed by atoms with Gasteiger partial charge in [-0.05, 0) is 37.1 Å². The molecular weight excluding hydrogens is 436 g/mol. The highest BCUT2D eigenvalue weighted by Crippen LogP contribution is 2.32. The lowest BCUT2D eigenvalue weighted by Gasteiger charge is -2.32. The van der Waals surface area contributed by atoms with Crippen LogP contribution in [0, 0.1) is 0 Å². The quantitative estimate of drug-likeness (QED) is 0.633. The van der Waals surface area contributed by atoms with Crippen LogP contribution in [0.1, 0.15) is 19.3 Å². The van der Waals surface area contributed by atoms with Crippen LogP contribution >= 0.6 is 22.9 Å². The van der Waals surface area contributed by atoms with Crippen molar-refractivity contribution >= 4 is 44.9 Å². The molecule has 0 aliphatic carbocycles. The highest BCUT2D eigenvalue weighted by molar-refractivity contribution is 7.91. The van der Waals surface area contributed by atoms with Crippen LogP contribution in [0.2, 0.25) is 4.34 Å². The van der Waals surface area contributed by atoms with Crippen molar-refractivity contribution in [1.82, 2.24) is 14.5 Å². The third-order valence-electron chi connectivity index (χ3n) is 4.54. The first kappa shape index (κ1) is 20.0.